The zero-order valence-corrected chi connectivity index (χ0v) is 15.3. The van der Waals surface area contributed by atoms with Gasteiger partial charge in [-0.15, -0.1) is 0 Å². The van der Waals surface area contributed by atoms with E-state index in [-0.39, 0.29) is 19.2 Å². The number of rotatable bonds is 16. The van der Waals surface area contributed by atoms with E-state index >= 15 is 0 Å². The quantitative estimate of drug-likeness (QED) is 0.250. The van der Waals surface area contributed by atoms with Crippen molar-refractivity contribution in [3.05, 3.63) is 24.3 Å². The summed E-state index contributed by atoms with van der Waals surface area (Å²) in [4.78, 5) is 11.4. The minimum atomic E-state index is -0.964. The minimum absolute atomic E-state index is 0.116. The van der Waals surface area contributed by atoms with E-state index in [1.165, 1.54) is 32.1 Å². The molecule has 0 unspecified atom stereocenters. The van der Waals surface area contributed by atoms with E-state index in [0.717, 1.165) is 32.1 Å². The van der Waals surface area contributed by atoms with Crippen molar-refractivity contribution in [3.8, 4) is 0 Å². The molecule has 1 atom stereocenters. The highest BCUT2D eigenvalue weighted by molar-refractivity contribution is 5.69. The van der Waals surface area contributed by atoms with Gasteiger partial charge >= 0.3 is 5.97 Å². The first-order valence-corrected chi connectivity index (χ1v) is 9.45. The Hall–Kier alpha value is -1.13. The largest absolute Gasteiger partial charge is 0.463 e. The Kier molecular flexibility index (Phi) is 17.4. The van der Waals surface area contributed by atoms with E-state index in [2.05, 4.69) is 31.2 Å². The van der Waals surface area contributed by atoms with Crippen molar-refractivity contribution < 1.29 is 19.7 Å². The molecular formula is C20H36O4. The molecule has 0 saturated heterocycles. The van der Waals surface area contributed by atoms with Gasteiger partial charge in [0.25, 0.3) is 0 Å². The number of esters is 1. The lowest BCUT2D eigenvalue weighted by atomic mass is 10.1. The summed E-state index contributed by atoms with van der Waals surface area (Å²) in [6, 6.07) is 0. The first-order valence-electron chi connectivity index (χ1n) is 9.45. The smallest absolute Gasteiger partial charge is 0.305 e. The fourth-order valence-electron chi connectivity index (χ4n) is 2.20. The third-order valence-corrected chi connectivity index (χ3v) is 3.73. The topological polar surface area (TPSA) is 66.8 Å². The summed E-state index contributed by atoms with van der Waals surface area (Å²) >= 11 is 0. The van der Waals surface area contributed by atoms with Gasteiger partial charge in [0.1, 0.15) is 12.7 Å². The van der Waals surface area contributed by atoms with Crippen LogP contribution in [0.4, 0.5) is 0 Å². The Labute approximate surface area is 147 Å². The van der Waals surface area contributed by atoms with Crippen LogP contribution in [-0.2, 0) is 9.53 Å². The van der Waals surface area contributed by atoms with Gasteiger partial charge in [0.2, 0.25) is 0 Å². The molecule has 0 fully saturated rings. The van der Waals surface area contributed by atoms with E-state index < -0.39 is 6.10 Å². The van der Waals surface area contributed by atoms with E-state index in [1.54, 1.807) is 0 Å². The van der Waals surface area contributed by atoms with Crippen molar-refractivity contribution in [2.24, 2.45) is 0 Å². The molecular weight excluding hydrogens is 304 g/mol. The summed E-state index contributed by atoms with van der Waals surface area (Å²) in [5.74, 6) is -0.294. The molecule has 0 aromatic rings. The Balaban J connectivity index is 3.30. The molecule has 0 saturated carbocycles. The van der Waals surface area contributed by atoms with Gasteiger partial charge in [-0.3, -0.25) is 4.79 Å². The zero-order chi connectivity index (χ0) is 17.9. The summed E-state index contributed by atoms with van der Waals surface area (Å²) in [7, 11) is 0. The van der Waals surface area contributed by atoms with E-state index in [0.29, 0.717) is 6.42 Å². The first-order chi connectivity index (χ1) is 11.7. The van der Waals surface area contributed by atoms with Gasteiger partial charge in [-0.25, -0.2) is 0 Å². The van der Waals surface area contributed by atoms with Crippen LogP contribution in [-0.4, -0.2) is 35.5 Å². The standard InChI is InChI=1S/C20H36O4/c1-2-3-4-5-6-7-8-9-10-11-12-13-14-15-16-20(23)24-18-19(22)17-21/h5-6,8-9,19,21-22H,2-4,7,10-18H2,1H3/b6-5+,9-8+/t19-/m0/s1. The molecule has 0 rings (SSSR count). The summed E-state index contributed by atoms with van der Waals surface area (Å²) in [6.45, 7) is 1.72. The summed E-state index contributed by atoms with van der Waals surface area (Å²) in [5, 5.41) is 17.7. The Bertz CT molecular complexity index is 337. The van der Waals surface area contributed by atoms with Gasteiger partial charge in [0.05, 0.1) is 6.61 Å². The molecule has 0 aliphatic heterocycles. The van der Waals surface area contributed by atoms with Crippen LogP contribution >= 0.6 is 0 Å². The number of unbranched alkanes of at least 4 members (excludes halogenated alkanes) is 7. The lowest BCUT2D eigenvalue weighted by Gasteiger charge is -2.08. The molecule has 2 N–H and O–H groups in total. The van der Waals surface area contributed by atoms with Crippen molar-refractivity contribution in [1.29, 1.82) is 0 Å². The Morgan fingerprint density at radius 3 is 2.25 bits per heavy atom. The van der Waals surface area contributed by atoms with Crippen molar-refractivity contribution >= 4 is 5.97 Å². The maximum absolute atomic E-state index is 11.4. The highest BCUT2D eigenvalue weighted by atomic mass is 16.5. The molecule has 0 amide bonds. The van der Waals surface area contributed by atoms with Gasteiger partial charge in [-0.2, -0.15) is 0 Å². The van der Waals surface area contributed by atoms with E-state index in [1.807, 2.05) is 0 Å². The molecule has 0 aromatic carbocycles. The second-order valence-corrected chi connectivity index (χ2v) is 6.15. The van der Waals surface area contributed by atoms with Crippen LogP contribution in [0.5, 0.6) is 0 Å². The van der Waals surface area contributed by atoms with Crippen LogP contribution in [0.3, 0.4) is 0 Å². The maximum Gasteiger partial charge on any atom is 0.305 e. The molecule has 0 aliphatic carbocycles. The SMILES string of the molecule is CCCC/C=C/C/C=C/CCCCCCCC(=O)OC[C@@H](O)CO. The van der Waals surface area contributed by atoms with Crippen LogP contribution < -0.4 is 0 Å². The molecule has 0 spiro atoms. The van der Waals surface area contributed by atoms with Gasteiger partial charge in [-0.05, 0) is 32.1 Å². The Morgan fingerprint density at radius 2 is 1.58 bits per heavy atom. The summed E-state index contributed by atoms with van der Waals surface area (Å²) < 4.78 is 4.84. The molecule has 4 nitrogen and oxygen atoms in total. The zero-order valence-electron chi connectivity index (χ0n) is 15.3. The lowest BCUT2D eigenvalue weighted by Crippen LogP contribution is -2.21. The highest BCUT2D eigenvalue weighted by Gasteiger charge is 2.07. The molecule has 0 bridgehead atoms. The number of allylic oxidation sites excluding steroid dienone is 4. The molecule has 0 aromatic heterocycles. The van der Waals surface area contributed by atoms with Gasteiger partial charge in [0, 0.05) is 6.42 Å². The number of ether oxygens (including phenoxy) is 1. The number of hydrogen-bond donors (Lipinski definition) is 2. The molecule has 0 aliphatic rings. The van der Waals surface area contributed by atoms with Gasteiger partial charge in [0.15, 0.2) is 0 Å². The van der Waals surface area contributed by atoms with Crippen LogP contribution in [0.1, 0.15) is 77.6 Å². The number of carbonyl (C=O) groups is 1. The minimum Gasteiger partial charge on any atom is -0.463 e. The lowest BCUT2D eigenvalue weighted by molar-refractivity contribution is -0.147. The van der Waals surface area contributed by atoms with Crippen molar-refractivity contribution in [2.45, 2.75) is 83.7 Å². The van der Waals surface area contributed by atoms with Crippen molar-refractivity contribution in [3.63, 3.8) is 0 Å². The maximum atomic E-state index is 11.4. The van der Waals surface area contributed by atoms with Crippen LogP contribution in [0, 0.1) is 0 Å². The second-order valence-electron chi connectivity index (χ2n) is 6.15. The molecule has 4 heteroatoms. The molecule has 0 heterocycles. The average molecular weight is 341 g/mol. The van der Waals surface area contributed by atoms with E-state index in [9.17, 15) is 4.79 Å². The third kappa shape index (κ3) is 17.2. The van der Waals surface area contributed by atoms with Crippen LogP contribution in [0.15, 0.2) is 24.3 Å². The molecule has 0 radical (unpaired) electrons. The fraction of sp³-hybridized carbons (Fsp3) is 0.750. The Morgan fingerprint density at radius 1 is 0.958 bits per heavy atom. The van der Waals surface area contributed by atoms with Crippen LogP contribution in [0.25, 0.3) is 0 Å². The van der Waals surface area contributed by atoms with Crippen molar-refractivity contribution in [2.75, 3.05) is 13.2 Å². The number of aliphatic hydroxyl groups excluding tert-OH is 2. The van der Waals surface area contributed by atoms with Crippen molar-refractivity contribution in [1.82, 2.24) is 0 Å². The second kappa shape index (κ2) is 18.2. The summed E-state index contributed by atoms with van der Waals surface area (Å²) in [6.07, 6.45) is 19.7. The number of aliphatic hydroxyl groups is 2. The van der Waals surface area contributed by atoms with Crippen LogP contribution in [0.2, 0.25) is 0 Å². The molecule has 24 heavy (non-hydrogen) atoms. The van der Waals surface area contributed by atoms with Gasteiger partial charge in [-0.1, -0.05) is 63.3 Å². The molecule has 140 valence electrons. The van der Waals surface area contributed by atoms with E-state index in [4.69, 9.17) is 14.9 Å². The normalized spacial score (nSPS) is 13.0. The fourth-order valence-corrected chi connectivity index (χ4v) is 2.20. The average Bonchev–Trinajstić information content (AvgIpc) is 2.59. The first kappa shape index (κ1) is 22.9. The summed E-state index contributed by atoms with van der Waals surface area (Å²) in [5.41, 5.74) is 0. The van der Waals surface area contributed by atoms with Gasteiger partial charge < -0.3 is 14.9 Å². The monoisotopic (exact) mass is 340 g/mol. The number of hydrogen-bond acceptors (Lipinski definition) is 4. The third-order valence-electron chi connectivity index (χ3n) is 3.73. The highest BCUT2D eigenvalue weighted by Crippen LogP contribution is 2.08. The predicted molar refractivity (Wildman–Crippen MR) is 98.8 cm³/mol. The predicted octanol–water partition coefficient (Wildman–Crippen LogP) is 4.31. The number of carbonyl (C=O) groups excluding carboxylic acids is 1.